The van der Waals surface area contributed by atoms with Gasteiger partial charge in [0, 0.05) is 43.5 Å². The fourth-order valence-corrected chi connectivity index (χ4v) is 5.06. The van der Waals surface area contributed by atoms with E-state index in [9.17, 15) is 14.9 Å². The number of nitrogens with one attached hydrogen (secondary N) is 2. The minimum absolute atomic E-state index is 0.0170. The molecule has 7 nitrogen and oxygen atoms in total. The van der Waals surface area contributed by atoms with Crippen molar-refractivity contribution in [2.24, 2.45) is 0 Å². The van der Waals surface area contributed by atoms with Crippen molar-refractivity contribution < 1.29 is 9.72 Å². The van der Waals surface area contributed by atoms with Gasteiger partial charge in [0.05, 0.1) is 22.3 Å². The van der Waals surface area contributed by atoms with Crippen LogP contribution in [-0.2, 0) is 4.79 Å². The lowest BCUT2D eigenvalue weighted by Gasteiger charge is -2.30. The van der Waals surface area contributed by atoms with Crippen LogP contribution in [0.4, 0.5) is 22.7 Å². The summed E-state index contributed by atoms with van der Waals surface area (Å²) in [6.07, 6.45) is 1.02. The Morgan fingerprint density at radius 2 is 1.66 bits per heavy atom. The summed E-state index contributed by atoms with van der Waals surface area (Å²) in [4.78, 5) is 26.7. The SMILES string of the molecule is CN(C)c1ccc(C2CC(=O)C3=C(C2)Nc2ccccc2NC3c2ccc(Cl)c([N+](=O)[O-])c2)cc1. The number of benzene rings is 3. The number of allylic oxidation sites excluding steroid dienone is 1. The lowest BCUT2D eigenvalue weighted by atomic mass is 9.78. The lowest BCUT2D eigenvalue weighted by Crippen LogP contribution is -2.27. The van der Waals surface area contributed by atoms with Crippen molar-refractivity contribution in [1.82, 2.24) is 0 Å². The molecule has 3 aromatic carbocycles. The van der Waals surface area contributed by atoms with Crippen molar-refractivity contribution in [2.45, 2.75) is 24.8 Å². The van der Waals surface area contributed by atoms with Gasteiger partial charge in [-0.1, -0.05) is 41.9 Å². The zero-order valence-electron chi connectivity index (χ0n) is 19.4. The predicted octanol–water partition coefficient (Wildman–Crippen LogP) is 6.29. The third-order valence-electron chi connectivity index (χ3n) is 6.69. The highest BCUT2D eigenvalue weighted by molar-refractivity contribution is 6.32. The Morgan fingerprint density at radius 3 is 2.34 bits per heavy atom. The highest BCUT2D eigenvalue weighted by Gasteiger charge is 2.36. The van der Waals surface area contributed by atoms with E-state index in [-0.39, 0.29) is 22.4 Å². The first-order valence-corrected chi connectivity index (χ1v) is 11.8. The van der Waals surface area contributed by atoms with Gasteiger partial charge >= 0.3 is 0 Å². The third-order valence-corrected chi connectivity index (χ3v) is 7.01. The Balaban J connectivity index is 1.58. The molecule has 0 fully saturated rings. The fourth-order valence-electron chi connectivity index (χ4n) is 4.87. The summed E-state index contributed by atoms with van der Waals surface area (Å²) in [5.41, 5.74) is 5.79. The molecule has 0 aromatic heterocycles. The molecule has 2 N–H and O–H groups in total. The number of ketones is 1. The van der Waals surface area contributed by atoms with Gasteiger partial charge < -0.3 is 15.5 Å². The molecule has 1 aliphatic carbocycles. The van der Waals surface area contributed by atoms with Crippen molar-refractivity contribution in [1.29, 1.82) is 0 Å². The van der Waals surface area contributed by atoms with E-state index in [4.69, 9.17) is 11.6 Å². The maximum absolute atomic E-state index is 13.7. The van der Waals surface area contributed by atoms with Crippen LogP contribution in [0.15, 0.2) is 78.0 Å². The van der Waals surface area contributed by atoms with E-state index in [1.165, 1.54) is 12.1 Å². The first kappa shape index (κ1) is 22.9. The molecule has 3 aromatic rings. The Morgan fingerprint density at radius 1 is 0.971 bits per heavy atom. The van der Waals surface area contributed by atoms with Crippen molar-refractivity contribution in [3.8, 4) is 0 Å². The molecule has 1 aliphatic heterocycles. The number of rotatable bonds is 4. The van der Waals surface area contributed by atoms with Crippen LogP contribution in [0.3, 0.4) is 0 Å². The maximum Gasteiger partial charge on any atom is 0.288 e. The second-order valence-electron chi connectivity index (χ2n) is 9.12. The number of carbonyl (C=O) groups is 1. The third kappa shape index (κ3) is 4.35. The number of Topliss-reactive ketones (excluding diaryl/α,β-unsaturated/α-hetero) is 1. The van der Waals surface area contributed by atoms with E-state index in [0.29, 0.717) is 24.0 Å². The summed E-state index contributed by atoms with van der Waals surface area (Å²) in [6.45, 7) is 0. The van der Waals surface area contributed by atoms with Gasteiger partial charge in [0.1, 0.15) is 5.02 Å². The molecular weight excluding hydrogens is 464 g/mol. The molecule has 0 saturated heterocycles. The van der Waals surface area contributed by atoms with Crippen LogP contribution >= 0.6 is 11.6 Å². The van der Waals surface area contributed by atoms with Crippen molar-refractivity contribution in [2.75, 3.05) is 29.6 Å². The number of nitro benzene ring substituents is 1. The van der Waals surface area contributed by atoms with E-state index in [0.717, 1.165) is 28.3 Å². The molecule has 8 heteroatoms. The molecule has 0 spiro atoms. The molecule has 1 heterocycles. The van der Waals surface area contributed by atoms with E-state index in [1.807, 2.05) is 43.3 Å². The summed E-state index contributed by atoms with van der Waals surface area (Å²) < 4.78 is 0. The fraction of sp³-hybridized carbons (Fsp3) is 0.222. The van der Waals surface area contributed by atoms with E-state index < -0.39 is 11.0 Å². The molecule has 2 unspecified atom stereocenters. The van der Waals surface area contributed by atoms with Gasteiger partial charge in [0.2, 0.25) is 0 Å². The summed E-state index contributed by atoms with van der Waals surface area (Å²) in [5.74, 6) is 0.0544. The Bertz CT molecular complexity index is 1350. The zero-order chi connectivity index (χ0) is 24.7. The first-order chi connectivity index (χ1) is 16.8. The van der Waals surface area contributed by atoms with Crippen molar-refractivity contribution >= 4 is 40.1 Å². The number of nitro groups is 1. The Hall–Kier alpha value is -3.84. The molecule has 5 rings (SSSR count). The van der Waals surface area contributed by atoms with Gasteiger partial charge in [-0.15, -0.1) is 0 Å². The second kappa shape index (κ2) is 9.07. The average Bonchev–Trinajstić information content (AvgIpc) is 3.01. The highest BCUT2D eigenvalue weighted by atomic mass is 35.5. The summed E-state index contributed by atoms with van der Waals surface area (Å²) in [7, 11) is 3.99. The van der Waals surface area contributed by atoms with Crippen LogP contribution in [0.2, 0.25) is 5.02 Å². The Kier molecular flexibility index (Phi) is 5.94. The number of carbonyl (C=O) groups excluding carboxylic acids is 1. The number of hydrogen-bond acceptors (Lipinski definition) is 6. The molecule has 0 bridgehead atoms. The molecule has 0 amide bonds. The number of fused-ring (bicyclic) bond motifs is 1. The molecule has 35 heavy (non-hydrogen) atoms. The van der Waals surface area contributed by atoms with E-state index in [1.54, 1.807) is 6.07 Å². The van der Waals surface area contributed by atoms with Gasteiger partial charge in [-0.05, 0) is 53.8 Å². The van der Waals surface area contributed by atoms with Crippen molar-refractivity contribution in [3.05, 3.63) is 104 Å². The smallest absolute Gasteiger partial charge is 0.288 e. The van der Waals surface area contributed by atoms with Crippen LogP contribution < -0.4 is 15.5 Å². The minimum Gasteiger partial charge on any atom is -0.378 e. The summed E-state index contributed by atoms with van der Waals surface area (Å²) in [6, 6.07) is 20.2. The van der Waals surface area contributed by atoms with Crippen molar-refractivity contribution in [3.63, 3.8) is 0 Å². The van der Waals surface area contributed by atoms with Gasteiger partial charge in [-0.25, -0.2) is 0 Å². The van der Waals surface area contributed by atoms with Gasteiger partial charge in [-0.2, -0.15) is 0 Å². The summed E-state index contributed by atoms with van der Waals surface area (Å²) in [5, 5.41) is 18.6. The van der Waals surface area contributed by atoms with E-state index >= 15 is 0 Å². The molecule has 0 saturated carbocycles. The first-order valence-electron chi connectivity index (χ1n) is 11.4. The molecular formula is C27H25ClN4O3. The number of anilines is 3. The number of nitrogens with zero attached hydrogens (tertiary/aromatic N) is 2. The largest absolute Gasteiger partial charge is 0.378 e. The molecule has 2 atom stereocenters. The van der Waals surface area contributed by atoms with Gasteiger partial charge in [-0.3, -0.25) is 14.9 Å². The van der Waals surface area contributed by atoms with Gasteiger partial charge in [0.15, 0.2) is 5.78 Å². The number of hydrogen-bond donors (Lipinski definition) is 2. The van der Waals surface area contributed by atoms with Crippen LogP contribution in [0.25, 0.3) is 0 Å². The average molecular weight is 489 g/mol. The van der Waals surface area contributed by atoms with Crippen LogP contribution in [-0.4, -0.2) is 24.8 Å². The van der Waals surface area contributed by atoms with Crippen LogP contribution in [0.1, 0.15) is 35.9 Å². The number of halogens is 1. The second-order valence-corrected chi connectivity index (χ2v) is 9.53. The van der Waals surface area contributed by atoms with E-state index in [2.05, 4.69) is 34.9 Å². The molecule has 178 valence electrons. The van der Waals surface area contributed by atoms with Gasteiger partial charge in [0.25, 0.3) is 5.69 Å². The minimum atomic E-state index is -0.540. The monoisotopic (exact) mass is 488 g/mol. The molecule has 2 aliphatic rings. The van der Waals surface area contributed by atoms with Crippen LogP contribution in [0.5, 0.6) is 0 Å². The number of para-hydroxylation sites is 2. The van der Waals surface area contributed by atoms with Crippen LogP contribution in [0, 0.1) is 10.1 Å². The highest BCUT2D eigenvalue weighted by Crippen LogP contribution is 2.45. The predicted molar refractivity (Wildman–Crippen MR) is 139 cm³/mol. The summed E-state index contributed by atoms with van der Waals surface area (Å²) >= 11 is 6.07. The lowest BCUT2D eigenvalue weighted by molar-refractivity contribution is -0.384. The zero-order valence-corrected chi connectivity index (χ0v) is 20.2. The normalized spacial score (nSPS) is 19.1. The maximum atomic E-state index is 13.7. The Labute approximate surface area is 208 Å². The topological polar surface area (TPSA) is 87.5 Å². The standard InChI is InChI=1S/C27H25ClN4O3/c1-31(2)19-10-7-16(8-11-19)18-13-23-26(25(33)15-18)27(30-22-6-4-3-5-21(22)29-23)17-9-12-20(28)24(14-17)32(34)35/h3-12,14,18,27,29-30H,13,15H2,1-2H3. The molecule has 0 radical (unpaired) electrons. The quantitative estimate of drug-likeness (QED) is 0.331.